The van der Waals surface area contributed by atoms with Crippen molar-refractivity contribution >= 4 is 23.6 Å². The average Bonchev–Trinajstić information content (AvgIpc) is 2.77. The molecule has 6 nitrogen and oxygen atoms in total. The Morgan fingerprint density at radius 3 is 2.87 bits per heavy atom. The summed E-state index contributed by atoms with van der Waals surface area (Å²) in [6.07, 6.45) is 1.55. The van der Waals surface area contributed by atoms with Gasteiger partial charge in [0.1, 0.15) is 11.2 Å². The molecule has 0 aromatic heterocycles. The largest absolute Gasteiger partial charge is 0.497 e. The number of methoxy groups -OCH3 is 1. The van der Waals surface area contributed by atoms with Crippen molar-refractivity contribution in [3.05, 3.63) is 65.2 Å². The first-order valence-corrected chi connectivity index (χ1v) is 11.3. The highest BCUT2D eigenvalue weighted by Gasteiger charge is 2.30. The molecule has 1 fully saturated rings. The zero-order valence-corrected chi connectivity index (χ0v) is 17.9. The average molecular weight is 426 g/mol. The van der Waals surface area contributed by atoms with E-state index in [1.807, 2.05) is 41.3 Å². The van der Waals surface area contributed by atoms with Crippen molar-refractivity contribution < 1.29 is 14.3 Å². The topological polar surface area (TPSA) is 70.7 Å². The third-order valence-electron chi connectivity index (χ3n) is 5.57. The summed E-state index contributed by atoms with van der Waals surface area (Å²) < 4.78 is 5.27. The van der Waals surface area contributed by atoms with Crippen LogP contribution in [0.15, 0.2) is 48.5 Å². The van der Waals surface area contributed by atoms with Crippen LogP contribution in [0.4, 0.5) is 0 Å². The minimum Gasteiger partial charge on any atom is -0.497 e. The molecule has 2 aromatic carbocycles. The first-order chi connectivity index (χ1) is 14.6. The highest BCUT2D eigenvalue weighted by Crippen LogP contribution is 2.23. The zero-order valence-electron chi connectivity index (χ0n) is 17.1. The summed E-state index contributed by atoms with van der Waals surface area (Å²) in [5.74, 6) is 1.64. The second kappa shape index (κ2) is 9.53. The van der Waals surface area contributed by atoms with Crippen molar-refractivity contribution in [3.8, 4) is 5.75 Å². The van der Waals surface area contributed by atoms with Gasteiger partial charge in [-0.1, -0.05) is 36.4 Å². The van der Waals surface area contributed by atoms with Crippen LogP contribution >= 0.6 is 11.8 Å². The Kier molecular flexibility index (Phi) is 6.59. The summed E-state index contributed by atoms with van der Waals surface area (Å²) in [5, 5.41) is 6.39. The molecule has 2 aliphatic rings. The molecule has 2 aliphatic heterocycles. The minimum atomic E-state index is -0.211. The lowest BCUT2D eigenvalue weighted by atomic mass is 9.99. The van der Waals surface area contributed by atoms with Crippen LogP contribution < -0.4 is 15.4 Å². The molecular weight excluding hydrogens is 398 g/mol. The van der Waals surface area contributed by atoms with Gasteiger partial charge in [-0.25, -0.2) is 0 Å². The Morgan fingerprint density at radius 2 is 2.03 bits per heavy atom. The summed E-state index contributed by atoms with van der Waals surface area (Å²) in [6, 6.07) is 16.0. The number of rotatable bonds is 6. The van der Waals surface area contributed by atoms with Gasteiger partial charge in [0.2, 0.25) is 11.8 Å². The van der Waals surface area contributed by atoms with Gasteiger partial charge in [0, 0.05) is 37.7 Å². The fourth-order valence-corrected chi connectivity index (χ4v) is 5.00. The molecule has 2 N–H and O–H groups in total. The summed E-state index contributed by atoms with van der Waals surface area (Å²) in [6.45, 7) is 1.39. The predicted molar refractivity (Wildman–Crippen MR) is 118 cm³/mol. The quantitative estimate of drug-likeness (QED) is 0.745. The molecule has 0 aliphatic carbocycles. The minimum absolute atomic E-state index is 0.0151. The lowest BCUT2D eigenvalue weighted by Crippen LogP contribution is -2.56. The highest BCUT2D eigenvalue weighted by molar-refractivity contribution is 7.99. The van der Waals surface area contributed by atoms with E-state index < -0.39 is 0 Å². The highest BCUT2D eigenvalue weighted by atomic mass is 32.2. The molecule has 2 aromatic rings. The molecule has 2 atom stereocenters. The first kappa shape index (κ1) is 20.8. The number of hydrogen-bond donors (Lipinski definition) is 2. The fraction of sp³-hybridized carbons (Fsp3) is 0.391. The fourth-order valence-electron chi connectivity index (χ4n) is 3.95. The van der Waals surface area contributed by atoms with E-state index in [9.17, 15) is 9.59 Å². The number of ether oxygens (including phenoxy) is 1. The van der Waals surface area contributed by atoms with Crippen LogP contribution in [0.3, 0.4) is 0 Å². The van der Waals surface area contributed by atoms with E-state index in [0.29, 0.717) is 19.4 Å². The number of thioether (sulfide) groups is 1. The Labute approximate surface area is 181 Å². The Balaban J connectivity index is 1.31. The third kappa shape index (κ3) is 5.15. The molecule has 1 saturated heterocycles. The van der Waals surface area contributed by atoms with Gasteiger partial charge in [0.05, 0.1) is 7.11 Å². The molecule has 2 amide bonds. The van der Waals surface area contributed by atoms with Crippen LogP contribution in [0.1, 0.15) is 29.5 Å². The molecule has 4 rings (SSSR count). The van der Waals surface area contributed by atoms with Crippen molar-refractivity contribution in [2.75, 3.05) is 13.7 Å². The van der Waals surface area contributed by atoms with E-state index in [4.69, 9.17) is 4.74 Å². The number of carbonyl (C=O) groups is 2. The Bertz CT molecular complexity index is 920. The Hall–Kier alpha value is -2.51. The normalized spacial score (nSPS) is 21.0. The van der Waals surface area contributed by atoms with Gasteiger partial charge < -0.3 is 15.0 Å². The van der Waals surface area contributed by atoms with Crippen LogP contribution in [-0.4, -0.2) is 41.9 Å². The van der Waals surface area contributed by atoms with Crippen molar-refractivity contribution in [3.63, 3.8) is 0 Å². The van der Waals surface area contributed by atoms with Gasteiger partial charge in [0.25, 0.3) is 0 Å². The van der Waals surface area contributed by atoms with E-state index in [2.05, 4.69) is 22.8 Å². The lowest BCUT2D eigenvalue weighted by Gasteiger charge is -2.34. The SMILES string of the molecule is COc1cccc(CSC2NC(=O)CC(CC(=O)N3CCc4ccccc4C3)N2)c1. The Morgan fingerprint density at radius 1 is 1.20 bits per heavy atom. The smallest absolute Gasteiger partial charge is 0.224 e. The maximum Gasteiger partial charge on any atom is 0.224 e. The van der Waals surface area contributed by atoms with Crippen molar-refractivity contribution in [1.29, 1.82) is 0 Å². The van der Waals surface area contributed by atoms with Crippen molar-refractivity contribution in [1.82, 2.24) is 15.5 Å². The van der Waals surface area contributed by atoms with Gasteiger partial charge >= 0.3 is 0 Å². The molecule has 30 heavy (non-hydrogen) atoms. The molecule has 0 spiro atoms. The summed E-state index contributed by atoms with van der Waals surface area (Å²) in [4.78, 5) is 27.0. The van der Waals surface area contributed by atoms with E-state index >= 15 is 0 Å². The molecule has 7 heteroatoms. The van der Waals surface area contributed by atoms with Gasteiger partial charge in [-0.05, 0) is 35.2 Å². The second-order valence-electron chi connectivity index (χ2n) is 7.72. The van der Waals surface area contributed by atoms with Crippen molar-refractivity contribution in [2.24, 2.45) is 0 Å². The molecule has 2 unspecified atom stereocenters. The van der Waals surface area contributed by atoms with Crippen molar-refractivity contribution in [2.45, 2.75) is 43.1 Å². The third-order valence-corrected chi connectivity index (χ3v) is 6.65. The van der Waals surface area contributed by atoms with Gasteiger partial charge in [-0.15, -0.1) is 11.8 Å². The molecule has 0 radical (unpaired) electrons. The molecule has 2 heterocycles. The number of nitrogens with one attached hydrogen (secondary N) is 2. The van der Waals surface area contributed by atoms with Gasteiger partial charge in [-0.2, -0.15) is 0 Å². The predicted octanol–water partition coefficient (Wildman–Crippen LogP) is 2.67. The maximum absolute atomic E-state index is 12.9. The van der Waals surface area contributed by atoms with Crippen LogP contribution in [-0.2, 0) is 28.3 Å². The summed E-state index contributed by atoms with van der Waals surface area (Å²) in [5.41, 5.74) is 3.46. The summed E-state index contributed by atoms with van der Waals surface area (Å²) in [7, 11) is 1.65. The van der Waals surface area contributed by atoms with Crippen LogP contribution in [0.5, 0.6) is 5.75 Å². The second-order valence-corrected chi connectivity index (χ2v) is 8.81. The monoisotopic (exact) mass is 425 g/mol. The summed E-state index contributed by atoms with van der Waals surface area (Å²) >= 11 is 1.61. The first-order valence-electron chi connectivity index (χ1n) is 10.3. The zero-order chi connectivity index (χ0) is 20.9. The standard InChI is InChI=1S/C23H27N3O3S/c1-29-20-8-4-5-16(11-20)15-30-23-24-19(12-21(27)25-23)13-22(28)26-10-9-17-6-2-3-7-18(17)14-26/h2-8,11,19,23-24H,9-10,12-15H2,1H3,(H,25,27). The number of nitrogens with zero attached hydrogens (tertiary/aromatic N) is 1. The molecular formula is C23H27N3O3S. The molecule has 158 valence electrons. The van der Waals surface area contributed by atoms with Crippen LogP contribution in [0, 0.1) is 0 Å². The number of fused-ring (bicyclic) bond motifs is 1. The van der Waals surface area contributed by atoms with E-state index in [1.165, 1.54) is 11.1 Å². The molecule has 0 saturated carbocycles. The number of amides is 2. The van der Waals surface area contributed by atoms with Crippen LogP contribution in [0.25, 0.3) is 0 Å². The maximum atomic E-state index is 12.9. The number of benzene rings is 2. The van der Waals surface area contributed by atoms with Crippen LogP contribution in [0.2, 0.25) is 0 Å². The lowest BCUT2D eigenvalue weighted by molar-refractivity contribution is -0.133. The van der Waals surface area contributed by atoms with Gasteiger partial charge in [0.15, 0.2) is 0 Å². The number of carbonyl (C=O) groups excluding carboxylic acids is 2. The van der Waals surface area contributed by atoms with E-state index in [1.54, 1.807) is 18.9 Å². The molecule has 0 bridgehead atoms. The van der Waals surface area contributed by atoms with E-state index in [0.717, 1.165) is 30.0 Å². The van der Waals surface area contributed by atoms with E-state index in [-0.39, 0.29) is 23.4 Å². The van der Waals surface area contributed by atoms with Gasteiger partial charge in [-0.3, -0.25) is 14.9 Å². The number of hydrogen-bond acceptors (Lipinski definition) is 5.